The number of rotatable bonds is 3. The van der Waals surface area contributed by atoms with Crippen molar-refractivity contribution in [3.8, 4) is 0 Å². The molecule has 0 atom stereocenters. The first-order chi connectivity index (χ1) is 8.75. The van der Waals surface area contributed by atoms with E-state index in [2.05, 4.69) is 10.5 Å². The van der Waals surface area contributed by atoms with Gasteiger partial charge < -0.3 is 0 Å². The van der Waals surface area contributed by atoms with Crippen LogP contribution in [0.4, 0.5) is 0 Å². The van der Waals surface area contributed by atoms with E-state index in [0.29, 0.717) is 10.6 Å². The molecule has 3 nitrogen and oxygen atoms in total. The summed E-state index contributed by atoms with van der Waals surface area (Å²) in [5.74, 6) is -0.287. The Morgan fingerprint density at radius 1 is 1.11 bits per heavy atom. The van der Waals surface area contributed by atoms with Crippen LogP contribution in [-0.4, -0.2) is 12.1 Å². The third-order valence-electron chi connectivity index (χ3n) is 2.27. The van der Waals surface area contributed by atoms with Gasteiger partial charge in [-0.25, -0.2) is 5.43 Å². The fourth-order valence-electron chi connectivity index (χ4n) is 1.40. The Kier molecular flexibility index (Phi) is 4.10. The summed E-state index contributed by atoms with van der Waals surface area (Å²) in [7, 11) is 0. The smallest absolute Gasteiger partial charge is 0.267 e. The van der Waals surface area contributed by atoms with Gasteiger partial charge in [-0.3, -0.25) is 4.79 Å². The van der Waals surface area contributed by atoms with Crippen molar-refractivity contribution < 1.29 is 4.79 Å². The highest BCUT2D eigenvalue weighted by molar-refractivity contribution is 6.30. The van der Waals surface area contributed by atoms with E-state index in [9.17, 15) is 4.79 Å². The number of carbonyl (C=O) groups excluding carboxylic acids is 1. The first-order valence-electron chi connectivity index (χ1n) is 5.40. The molecule has 0 saturated carbocycles. The molecular formula is C14H11ClN2O. The van der Waals surface area contributed by atoms with E-state index in [4.69, 9.17) is 11.6 Å². The van der Waals surface area contributed by atoms with E-state index in [1.165, 1.54) is 0 Å². The summed E-state index contributed by atoms with van der Waals surface area (Å²) in [6.07, 6.45) is 1.59. The molecule has 2 aromatic rings. The van der Waals surface area contributed by atoms with Crippen LogP contribution in [-0.2, 0) is 0 Å². The van der Waals surface area contributed by atoms with Crippen LogP contribution in [0.2, 0.25) is 5.02 Å². The lowest BCUT2D eigenvalue weighted by Crippen LogP contribution is -2.17. The van der Waals surface area contributed by atoms with E-state index in [-0.39, 0.29) is 5.91 Å². The van der Waals surface area contributed by atoms with Crippen LogP contribution in [0, 0.1) is 0 Å². The highest BCUT2D eigenvalue weighted by atomic mass is 35.5. The minimum atomic E-state index is -0.287. The van der Waals surface area contributed by atoms with Crippen LogP contribution in [0.5, 0.6) is 0 Å². The molecule has 0 spiro atoms. The SMILES string of the molecule is O=C(N/N=C\c1ccccc1)c1cccc(Cl)c1. The van der Waals surface area contributed by atoms with Crippen molar-refractivity contribution >= 4 is 23.7 Å². The Balaban J connectivity index is 1.99. The van der Waals surface area contributed by atoms with Crippen LogP contribution in [0.15, 0.2) is 59.7 Å². The van der Waals surface area contributed by atoms with Gasteiger partial charge in [0.25, 0.3) is 5.91 Å². The van der Waals surface area contributed by atoms with Gasteiger partial charge in [0.1, 0.15) is 0 Å². The summed E-state index contributed by atoms with van der Waals surface area (Å²) in [5, 5.41) is 4.40. The molecule has 90 valence electrons. The zero-order valence-electron chi connectivity index (χ0n) is 9.51. The Morgan fingerprint density at radius 3 is 2.61 bits per heavy atom. The predicted octanol–water partition coefficient (Wildman–Crippen LogP) is 3.10. The molecule has 18 heavy (non-hydrogen) atoms. The molecule has 2 rings (SSSR count). The largest absolute Gasteiger partial charge is 0.271 e. The molecule has 1 amide bonds. The Hall–Kier alpha value is -2.13. The lowest BCUT2D eigenvalue weighted by Gasteiger charge is -1.99. The second kappa shape index (κ2) is 5.98. The molecular weight excluding hydrogens is 248 g/mol. The van der Waals surface area contributed by atoms with Crippen molar-refractivity contribution in [2.24, 2.45) is 5.10 Å². The van der Waals surface area contributed by atoms with Crippen molar-refractivity contribution in [3.05, 3.63) is 70.7 Å². The van der Waals surface area contributed by atoms with Crippen molar-refractivity contribution in [1.82, 2.24) is 5.43 Å². The van der Waals surface area contributed by atoms with E-state index in [1.54, 1.807) is 30.5 Å². The first kappa shape index (κ1) is 12.3. The molecule has 2 aromatic carbocycles. The molecule has 0 aromatic heterocycles. The van der Waals surface area contributed by atoms with Crippen LogP contribution >= 0.6 is 11.6 Å². The minimum absolute atomic E-state index is 0.287. The second-order valence-electron chi connectivity index (χ2n) is 3.62. The van der Waals surface area contributed by atoms with Gasteiger partial charge in [0.15, 0.2) is 0 Å². The van der Waals surface area contributed by atoms with Gasteiger partial charge >= 0.3 is 0 Å². The fraction of sp³-hybridized carbons (Fsp3) is 0. The van der Waals surface area contributed by atoms with Gasteiger partial charge in [-0.2, -0.15) is 5.10 Å². The Labute approximate surface area is 110 Å². The predicted molar refractivity (Wildman–Crippen MR) is 73.0 cm³/mol. The third-order valence-corrected chi connectivity index (χ3v) is 2.50. The topological polar surface area (TPSA) is 41.5 Å². The average Bonchev–Trinajstić information content (AvgIpc) is 2.40. The molecule has 0 unspecified atom stereocenters. The van der Waals surface area contributed by atoms with Crippen LogP contribution in [0.25, 0.3) is 0 Å². The summed E-state index contributed by atoms with van der Waals surface area (Å²) >= 11 is 5.80. The number of benzene rings is 2. The van der Waals surface area contributed by atoms with Gasteiger partial charge in [-0.05, 0) is 23.8 Å². The van der Waals surface area contributed by atoms with E-state index in [1.807, 2.05) is 30.3 Å². The number of nitrogens with zero attached hydrogens (tertiary/aromatic N) is 1. The number of amides is 1. The van der Waals surface area contributed by atoms with Gasteiger partial charge in [0, 0.05) is 10.6 Å². The maximum absolute atomic E-state index is 11.7. The summed E-state index contributed by atoms with van der Waals surface area (Å²) in [6.45, 7) is 0. The number of halogens is 1. The number of carbonyl (C=O) groups is 1. The normalized spacial score (nSPS) is 10.5. The Morgan fingerprint density at radius 2 is 1.89 bits per heavy atom. The van der Waals surface area contributed by atoms with Crippen molar-refractivity contribution in [3.63, 3.8) is 0 Å². The van der Waals surface area contributed by atoms with Gasteiger partial charge in [-0.15, -0.1) is 0 Å². The molecule has 0 aliphatic heterocycles. The summed E-state index contributed by atoms with van der Waals surface area (Å²) in [5.41, 5.74) is 3.85. The van der Waals surface area contributed by atoms with Gasteiger partial charge in [-0.1, -0.05) is 48.0 Å². The van der Waals surface area contributed by atoms with Gasteiger partial charge in [0.2, 0.25) is 0 Å². The molecule has 0 bridgehead atoms. The van der Waals surface area contributed by atoms with E-state index < -0.39 is 0 Å². The van der Waals surface area contributed by atoms with Crippen LogP contribution in [0.1, 0.15) is 15.9 Å². The highest BCUT2D eigenvalue weighted by Crippen LogP contribution is 2.10. The summed E-state index contributed by atoms with van der Waals surface area (Å²) in [6, 6.07) is 16.2. The molecule has 0 fully saturated rings. The van der Waals surface area contributed by atoms with Crippen molar-refractivity contribution in [2.75, 3.05) is 0 Å². The maximum Gasteiger partial charge on any atom is 0.271 e. The second-order valence-corrected chi connectivity index (χ2v) is 4.06. The third kappa shape index (κ3) is 3.43. The number of hydrogen-bond acceptors (Lipinski definition) is 2. The Bertz CT molecular complexity index is 567. The highest BCUT2D eigenvalue weighted by Gasteiger charge is 2.03. The molecule has 0 heterocycles. The molecule has 0 aliphatic rings. The molecule has 4 heteroatoms. The molecule has 0 radical (unpaired) electrons. The van der Waals surface area contributed by atoms with Gasteiger partial charge in [0.05, 0.1) is 6.21 Å². The monoisotopic (exact) mass is 258 g/mol. The minimum Gasteiger partial charge on any atom is -0.267 e. The maximum atomic E-state index is 11.7. The van der Waals surface area contributed by atoms with Crippen LogP contribution < -0.4 is 5.43 Å². The summed E-state index contributed by atoms with van der Waals surface area (Å²) in [4.78, 5) is 11.7. The lowest BCUT2D eigenvalue weighted by molar-refractivity contribution is 0.0955. The summed E-state index contributed by atoms with van der Waals surface area (Å²) < 4.78 is 0. The first-order valence-corrected chi connectivity index (χ1v) is 5.77. The van der Waals surface area contributed by atoms with E-state index in [0.717, 1.165) is 5.56 Å². The molecule has 0 aliphatic carbocycles. The zero-order chi connectivity index (χ0) is 12.8. The lowest BCUT2D eigenvalue weighted by atomic mass is 10.2. The quantitative estimate of drug-likeness (QED) is 0.667. The number of nitrogens with one attached hydrogen (secondary N) is 1. The molecule has 0 saturated heterocycles. The van der Waals surface area contributed by atoms with Crippen molar-refractivity contribution in [2.45, 2.75) is 0 Å². The number of hydrazone groups is 1. The van der Waals surface area contributed by atoms with E-state index >= 15 is 0 Å². The average molecular weight is 259 g/mol. The van der Waals surface area contributed by atoms with Crippen molar-refractivity contribution in [1.29, 1.82) is 0 Å². The number of hydrogen-bond donors (Lipinski definition) is 1. The zero-order valence-corrected chi connectivity index (χ0v) is 10.3. The fourth-order valence-corrected chi connectivity index (χ4v) is 1.59. The molecule has 1 N–H and O–H groups in total. The van der Waals surface area contributed by atoms with Crippen LogP contribution in [0.3, 0.4) is 0 Å². The standard InChI is InChI=1S/C14H11ClN2O/c15-13-8-4-7-12(9-13)14(18)17-16-10-11-5-2-1-3-6-11/h1-10H,(H,17,18)/b16-10-.